The summed E-state index contributed by atoms with van der Waals surface area (Å²) in [6.45, 7) is 0. The quantitative estimate of drug-likeness (QED) is 0.704. The lowest BCUT2D eigenvalue weighted by atomic mass is 9.77. The first-order valence-electron chi connectivity index (χ1n) is 6.29. The number of ketones is 2. The van der Waals surface area contributed by atoms with E-state index in [0.717, 1.165) is 19.3 Å². The van der Waals surface area contributed by atoms with Crippen LogP contribution in [0.3, 0.4) is 0 Å². The molecule has 1 aromatic rings. The van der Waals surface area contributed by atoms with E-state index in [0.29, 0.717) is 5.57 Å². The molecule has 0 aromatic heterocycles. The third-order valence-electron chi connectivity index (χ3n) is 3.77. The largest absolute Gasteiger partial charge is 0.290 e. The van der Waals surface area contributed by atoms with E-state index in [1.807, 2.05) is 6.07 Å². The average molecular weight is 238 g/mol. The van der Waals surface area contributed by atoms with Crippen LogP contribution >= 0.6 is 0 Å². The van der Waals surface area contributed by atoms with Gasteiger partial charge in [0.05, 0.1) is 0 Å². The van der Waals surface area contributed by atoms with Crippen molar-refractivity contribution in [2.24, 2.45) is 5.92 Å². The number of fused-ring (bicyclic) bond motifs is 1. The summed E-state index contributed by atoms with van der Waals surface area (Å²) in [7, 11) is 0. The molecule has 0 N–H and O–H groups in total. The van der Waals surface area contributed by atoms with Crippen LogP contribution in [-0.2, 0) is 22.4 Å². The maximum absolute atomic E-state index is 11.8. The molecule has 0 saturated heterocycles. The molecule has 2 aliphatic rings. The van der Waals surface area contributed by atoms with Crippen molar-refractivity contribution in [1.29, 1.82) is 0 Å². The number of hydrogen-bond donors (Lipinski definition) is 0. The van der Waals surface area contributed by atoms with Crippen molar-refractivity contribution in [3.63, 3.8) is 0 Å². The number of benzene rings is 1. The van der Waals surface area contributed by atoms with Crippen molar-refractivity contribution in [2.75, 3.05) is 0 Å². The van der Waals surface area contributed by atoms with Gasteiger partial charge >= 0.3 is 0 Å². The molecule has 1 aromatic carbocycles. The van der Waals surface area contributed by atoms with Crippen LogP contribution in [0.25, 0.3) is 0 Å². The van der Waals surface area contributed by atoms with Crippen LogP contribution in [0.1, 0.15) is 17.5 Å². The number of allylic oxidation sites excluding steroid dienone is 4. The van der Waals surface area contributed by atoms with Crippen molar-refractivity contribution in [1.82, 2.24) is 0 Å². The van der Waals surface area contributed by atoms with Crippen molar-refractivity contribution in [3.8, 4) is 0 Å². The molecule has 0 amide bonds. The van der Waals surface area contributed by atoms with Crippen LogP contribution in [0, 0.1) is 5.92 Å². The Morgan fingerprint density at radius 3 is 2.61 bits per heavy atom. The molecule has 2 aliphatic carbocycles. The Bertz CT molecular complexity index is 579. The van der Waals surface area contributed by atoms with Gasteiger partial charge in [-0.25, -0.2) is 0 Å². The molecule has 0 heterocycles. The Balaban J connectivity index is 1.88. The van der Waals surface area contributed by atoms with Gasteiger partial charge in [0, 0.05) is 5.57 Å². The molecule has 0 radical (unpaired) electrons. The minimum Gasteiger partial charge on any atom is -0.290 e. The molecular formula is C16H14O2. The fourth-order valence-electron chi connectivity index (χ4n) is 2.81. The van der Waals surface area contributed by atoms with Crippen molar-refractivity contribution < 1.29 is 9.59 Å². The smallest absolute Gasteiger partial charge is 0.182 e. The predicted octanol–water partition coefficient (Wildman–Crippen LogP) is 2.43. The van der Waals surface area contributed by atoms with Crippen molar-refractivity contribution in [2.45, 2.75) is 19.3 Å². The zero-order valence-electron chi connectivity index (χ0n) is 10.1. The van der Waals surface area contributed by atoms with E-state index in [-0.39, 0.29) is 17.5 Å². The molecule has 2 heteroatoms. The van der Waals surface area contributed by atoms with Gasteiger partial charge in [0.15, 0.2) is 11.6 Å². The second kappa shape index (κ2) is 4.37. The molecule has 0 saturated carbocycles. The van der Waals surface area contributed by atoms with Gasteiger partial charge in [0.2, 0.25) is 0 Å². The van der Waals surface area contributed by atoms with E-state index in [1.54, 1.807) is 0 Å². The predicted molar refractivity (Wildman–Crippen MR) is 69.2 cm³/mol. The molecule has 0 bridgehead atoms. The lowest BCUT2D eigenvalue weighted by molar-refractivity contribution is -0.115. The van der Waals surface area contributed by atoms with Gasteiger partial charge in [-0.05, 0) is 54.5 Å². The van der Waals surface area contributed by atoms with E-state index >= 15 is 0 Å². The maximum atomic E-state index is 11.8. The summed E-state index contributed by atoms with van der Waals surface area (Å²) in [4.78, 5) is 23.2. The zero-order valence-corrected chi connectivity index (χ0v) is 10.1. The second-order valence-corrected chi connectivity index (χ2v) is 4.91. The Labute approximate surface area is 106 Å². The van der Waals surface area contributed by atoms with E-state index in [1.165, 1.54) is 29.4 Å². The number of aryl methyl sites for hydroxylation is 1. The third kappa shape index (κ3) is 1.94. The van der Waals surface area contributed by atoms with Crippen LogP contribution in [0.2, 0.25) is 0 Å². The first-order chi connectivity index (χ1) is 8.74. The van der Waals surface area contributed by atoms with Crippen LogP contribution in [0.15, 0.2) is 48.1 Å². The number of carbonyl (C=O) groups excluding carboxylic acids is 2. The van der Waals surface area contributed by atoms with E-state index in [2.05, 4.69) is 18.2 Å². The Hall–Kier alpha value is -1.96. The van der Waals surface area contributed by atoms with Gasteiger partial charge in [-0.15, -0.1) is 0 Å². The molecule has 1 unspecified atom stereocenters. The fourth-order valence-corrected chi connectivity index (χ4v) is 2.81. The van der Waals surface area contributed by atoms with Gasteiger partial charge < -0.3 is 0 Å². The standard InChI is InChI=1S/C16H14O2/c17-14-7-8-16(18)15(10-14)13-6-5-11-3-1-2-4-12(11)9-13/h1-4,7-8,10,13H,5-6,9H2. The first kappa shape index (κ1) is 11.1. The summed E-state index contributed by atoms with van der Waals surface area (Å²) < 4.78 is 0. The van der Waals surface area contributed by atoms with Crippen LogP contribution in [0.5, 0.6) is 0 Å². The molecule has 18 heavy (non-hydrogen) atoms. The van der Waals surface area contributed by atoms with E-state index in [9.17, 15) is 9.59 Å². The number of rotatable bonds is 1. The molecular weight excluding hydrogens is 224 g/mol. The Morgan fingerprint density at radius 1 is 1.00 bits per heavy atom. The molecule has 0 aliphatic heterocycles. The summed E-state index contributed by atoms with van der Waals surface area (Å²) in [5.74, 6) is 0.128. The number of hydrogen-bond acceptors (Lipinski definition) is 2. The SMILES string of the molecule is O=C1C=CC(=O)C(C2CCc3ccccc3C2)=C1. The highest BCUT2D eigenvalue weighted by Gasteiger charge is 2.26. The topological polar surface area (TPSA) is 34.1 Å². The Kier molecular flexibility index (Phi) is 2.71. The first-order valence-corrected chi connectivity index (χ1v) is 6.29. The summed E-state index contributed by atoms with van der Waals surface area (Å²) in [6.07, 6.45) is 7.08. The van der Waals surface area contributed by atoms with Crippen LogP contribution in [0.4, 0.5) is 0 Å². The average Bonchev–Trinajstić information content (AvgIpc) is 2.41. The minimum atomic E-state index is -0.0662. The summed E-state index contributed by atoms with van der Waals surface area (Å²) >= 11 is 0. The molecule has 1 atom stereocenters. The summed E-state index contributed by atoms with van der Waals surface area (Å²) in [6, 6.07) is 8.35. The number of carbonyl (C=O) groups is 2. The molecule has 3 rings (SSSR count). The summed E-state index contributed by atoms with van der Waals surface area (Å²) in [5.41, 5.74) is 3.38. The summed E-state index contributed by atoms with van der Waals surface area (Å²) in [5, 5.41) is 0. The van der Waals surface area contributed by atoms with Gasteiger partial charge in [-0.1, -0.05) is 24.3 Å². The van der Waals surface area contributed by atoms with Gasteiger partial charge in [-0.3, -0.25) is 9.59 Å². The molecule has 0 spiro atoms. The molecule has 0 fully saturated rings. The second-order valence-electron chi connectivity index (χ2n) is 4.91. The van der Waals surface area contributed by atoms with Crippen molar-refractivity contribution >= 4 is 11.6 Å². The van der Waals surface area contributed by atoms with Crippen LogP contribution in [-0.4, -0.2) is 11.6 Å². The zero-order chi connectivity index (χ0) is 12.5. The highest BCUT2D eigenvalue weighted by Crippen LogP contribution is 2.31. The van der Waals surface area contributed by atoms with Gasteiger partial charge in [0.1, 0.15) is 0 Å². The lowest BCUT2D eigenvalue weighted by Crippen LogP contribution is -2.22. The monoisotopic (exact) mass is 238 g/mol. The highest BCUT2D eigenvalue weighted by molar-refractivity contribution is 6.17. The highest BCUT2D eigenvalue weighted by atomic mass is 16.1. The van der Waals surface area contributed by atoms with E-state index < -0.39 is 0 Å². The maximum Gasteiger partial charge on any atom is 0.182 e. The lowest BCUT2D eigenvalue weighted by Gasteiger charge is -2.26. The van der Waals surface area contributed by atoms with Crippen molar-refractivity contribution in [3.05, 3.63) is 59.2 Å². The van der Waals surface area contributed by atoms with Crippen LogP contribution < -0.4 is 0 Å². The van der Waals surface area contributed by atoms with Gasteiger partial charge in [0.25, 0.3) is 0 Å². The molecule has 2 nitrogen and oxygen atoms in total. The minimum absolute atomic E-state index is 0.000943. The van der Waals surface area contributed by atoms with Gasteiger partial charge in [-0.2, -0.15) is 0 Å². The Morgan fingerprint density at radius 2 is 1.78 bits per heavy atom. The molecule has 90 valence electrons. The third-order valence-corrected chi connectivity index (χ3v) is 3.77. The fraction of sp³-hybridized carbons (Fsp3) is 0.250. The van der Waals surface area contributed by atoms with E-state index in [4.69, 9.17) is 0 Å². The normalized spacial score (nSPS) is 22.7.